The predicted octanol–water partition coefficient (Wildman–Crippen LogP) is 4.67. The van der Waals surface area contributed by atoms with E-state index in [9.17, 15) is 18.0 Å². The third kappa shape index (κ3) is 7.36. The number of carbonyl (C=O) groups is 2. The second kappa shape index (κ2) is 14.3. The molecule has 8 nitrogen and oxygen atoms in total. The Bertz CT molecular complexity index is 1570. The summed E-state index contributed by atoms with van der Waals surface area (Å²) in [6.07, 6.45) is 0.255. The highest BCUT2D eigenvalue weighted by atomic mass is 32.2. The molecule has 0 saturated carbocycles. The fourth-order valence-corrected chi connectivity index (χ4v) is 6.14. The summed E-state index contributed by atoms with van der Waals surface area (Å²) in [5.41, 5.74) is 1.90. The van der Waals surface area contributed by atoms with Crippen LogP contribution in [-0.2, 0) is 32.6 Å². The van der Waals surface area contributed by atoms with Crippen LogP contribution in [0.5, 0.6) is 5.75 Å². The first-order chi connectivity index (χ1) is 20.3. The van der Waals surface area contributed by atoms with Crippen LogP contribution in [0.2, 0.25) is 0 Å². The Kier molecular flexibility index (Phi) is 10.3. The molecule has 1 atom stereocenters. The van der Waals surface area contributed by atoms with Crippen molar-refractivity contribution in [3.63, 3.8) is 0 Å². The largest absolute Gasteiger partial charge is 0.495 e. The minimum Gasteiger partial charge on any atom is -0.495 e. The number of likely N-dealkylation sites (N-methyl/N-ethyl adjacent to an activating group) is 1. The van der Waals surface area contributed by atoms with Gasteiger partial charge >= 0.3 is 0 Å². The maximum atomic E-state index is 14.3. The van der Waals surface area contributed by atoms with Crippen molar-refractivity contribution in [2.75, 3.05) is 24.5 Å². The van der Waals surface area contributed by atoms with E-state index < -0.39 is 28.5 Å². The van der Waals surface area contributed by atoms with Crippen molar-refractivity contribution >= 4 is 27.5 Å². The van der Waals surface area contributed by atoms with Crippen LogP contribution < -0.4 is 14.4 Å². The van der Waals surface area contributed by atoms with Gasteiger partial charge in [-0.3, -0.25) is 13.9 Å². The highest BCUT2D eigenvalue weighted by Crippen LogP contribution is 2.32. The van der Waals surface area contributed by atoms with Crippen molar-refractivity contribution in [1.82, 2.24) is 10.2 Å². The lowest BCUT2D eigenvalue weighted by Gasteiger charge is -2.34. The van der Waals surface area contributed by atoms with E-state index in [0.717, 1.165) is 15.4 Å². The molecule has 0 spiro atoms. The van der Waals surface area contributed by atoms with Crippen molar-refractivity contribution in [2.45, 2.75) is 30.8 Å². The van der Waals surface area contributed by atoms with Crippen molar-refractivity contribution < 1.29 is 22.7 Å². The van der Waals surface area contributed by atoms with Crippen LogP contribution in [0, 0.1) is 0 Å². The van der Waals surface area contributed by atoms with Crippen LogP contribution in [0.4, 0.5) is 5.69 Å². The Hall–Kier alpha value is -4.63. The van der Waals surface area contributed by atoms with E-state index in [0.29, 0.717) is 12.3 Å². The molecular weight excluding hydrogens is 550 g/mol. The average molecular weight is 586 g/mol. The standard InChI is InChI=1S/C33H35N3O5S/c1-3-34-33(38)30(23-26-15-7-4-8-16-26)35(24-27-17-9-5-10-18-27)32(37)25-36(29-21-13-14-22-31(29)41-2)42(39,40)28-19-11-6-12-20-28/h4-22,30H,3,23-25H2,1-2H3,(H,34,38)/t30-/m1/s1. The fraction of sp³-hybridized carbons (Fsp3) is 0.212. The number of sulfonamides is 1. The topological polar surface area (TPSA) is 96.0 Å². The van der Waals surface area contributed by atoms with Crippen LogP contribution in [0.3, 0.4) is 0 Å². The van der Waals surface area contributed by atoms with Crippen molar-refractivity contribution in [1.29, 1.82) is 0 Å². The molecule has 0 heterocycles. The van der Waals surface area contributed by atoms with Crippen LogP contribution in [0.15, 0.2) is 120 Å². The number of amides is 2. The quantitative estimate of drug-likeness (QED) is 0.246. The monoisotopic (exact) mass is 585 g/mol. The number of nitrogens with one attached hydrogen (secondary N) is 1. The highest BCUT2D eigenvalue weighted by Gasteiger charge is 2.35. The molecule has 42 heavy (non-hydrogen) atoms. The van der Waals surface area contributed by atoms with E-state index in [1.54, 1.807) is 42.5 Å². The first-order valence-electron chi connectivity index (χ1n) is 13.7. The molecule has 4 rings (SSSR count). The summed E-state index contributed by atoms with van der Waals surface area (Å²) in [4.78, 5) is 29.3. The Morgan fingerprint density at radius 2 is 1.33 bits per heavy atom. The summed E-state index contributed by atoms with van der Waals surface area (Å²) in [5.74, 6) is -0.555. The second-order valence-electron chi connectivity index (χ2n) is 9.60. The second-order valence-corrected chi connectivity index (χ2v) is 11.5. The van der Waals surface area contributed by atoms with E-state index >= 15 is 0 Å². The third-order valence-corrected chi connectivity index (χ3v) is 8.56. The molecule has 0 radical (unpaired) electrons. The number of hydrogen-bond acceptors (Lipinski definition) is 5. The summed E-state index contributed by atoms with van der Waals surface area (Å²) in [6.45, 7) is 1.76. The molecular formula is C33H35N3O5S. The zero-order chi connectivity index (χ0) is 30.0. The van der Waals surface area contributed by atoms with Crippen molar-refractivity contribution in [2.24, 2.45) is 0 Å². The van der Waals surface area contributed by atoms with Crippen LogP contribution in [0.25, 0.3) is 0 Å². The van der Waals surface area contributed by atoms with Gasteiger partial charge in [-0.25, -0.2) is 8.42 Å². The van der Waals surface area contributed by atoms with Gasteiger partial charge in [-0.05, 0) is 42.3 Å². The van der Waals surface area contributed by atoms with E-state index in [-0.39, 0.29) is 29.5 Å². The molecule has 9 heteroatoms. The van der Waals surface area contributed by atoms with Gasteiger partial charge < -0.3 is 15.0 Å². The van der Waals surface area contributed by atoms with Crippen LogP contribution in [0.1, 0.15) is 18.1 Å². The van der Waals surface area contributed by atoms with E-state index in [2.05, 4.69) is 5.32 Å². The molecule has 4 aromatic carbocycles. The number of rotatable bonds is 13. The number of methoxy groups -OCH3 is 1. The van der Waals surface area contributed by atoms with Gasteiger partial charge in [-0.2, -0.15) is 0 Å². The van der Waals surface area contributed by atoms with Crippen molar-refractivity contribution in [3.05, 3.63) is 126 Å². The number of benzene rings is 4. The number of para-hydroxylation sites is 2. The minimum atomic E-state index is -4.20. The summed E-state index contributed by atoms with van der Waals surface area (Å²) >= 11 is 0. The highest BCUT2D eigenvalue weighted by molar-refractivity contribution is 7.92. The first-order valence-corrected chi connectivity index (χ1v) is 15.1. The maximum Gasteiger partial charge on any atom is 0.264 e. The number of hydrogen-bond donors (Lipinski definition) is 1. The van der Waals surface area contributed by atoms with Gasteiger partial charge in [0.05, 0.1) is 17.7 Å². The first kappa shape index (κ1) is 30.3. The molecule has 0 aromatic heterocycles. The predicted molar refractivity (Wildman–Crippen MR) is 164 cm³/mol. The van der Waals surface area contributed by atoms with Gasteiger partial charge in [0.15, 0.2) is 0 Å². The lowest BCUT2D eigenvalue weighted by molar-refractivity contribution is -0.140. The van der Waals surface area contributed by atoms with E-state index in [1.165, 1.54) is 24.1 Å². The summed E-state index contributed by atoms with van der Waals surface area (Å²) in [6, 6.07) is 32.5. The van der Waals surface area contributed by atoms with E-state index in [1.807, 2.05) is 67.6 Å². The summed E-state index contributed by atoms with van der Waals surface area (Å²) in [5, 5.41) is 2.86. The SMILES string of the molecule is CCNC(=O)[C@@H](Cc1ccccc1)N(Cc1ccccc1)C(=O)CN(c1ccccc1OC)S(=O)(=O)c1ccccc1. The Labute approximate surface area is 247 Å². The zero-order valence-electron chi connectivity index (χ0n) is 23.7. The van der Waals surface area contributed by atoms with Crippen LogP contribution in [-0.4, -0.2) is 51.4 Å². The molecule has 0 saturated heterocycles. The van der Waals surface area contributed by atoms with Gasteiger partial charge in [0, 0.05) is 19.5 Å². The van der Waals surface area contributed by atoms with Gasteiger partial charge in [-0.1, -0.05) is 91.0 Å². The van der Waals surface area contributed by atoms with Gasteiger partial charge in [0.25, 0.3) is 10.0 Å². The summed E-state index contributed by atoms with van der Waals surface area (Å²) in [7, 11) is -2.75. The fourth-order valence-electron chi connectivity index (χ4n) is 4.69. The lowest BCUT2D eigenvalue weighted by atomic mass is 10.0. The molecule has 1 N–H and O–H groups in total. The van der Waals surface area contributed by atoms with E-state index in [4.69, 9.17) is 4.74 Å². The maximum absolute atomic E-state index is 14.3. The molecule has 0 unspecified atom stereocenters. The zero-order valence-corrected chi connectivity index (χ0v) is 24.5. The molecule has 218 valence electrons. The molecule has 0 aliphatic carbocycles. The summed E-state index contributed by atoms with van der Waals surface area (Å²) < 4.78 is 34.6. The molecule has 0 aliphatic heterocycles. The number of ether oxygens (including phenoxy) is 1. The van der Waals surface area contributed by atoms with Gasteiger partial charge in [-0.15, -0.1) is 0 Å². The van der Waals surface area contributed by atoms with Gasteiger partial charge in [0.1, 0.15) is 18.3 Å². The van der Waals surface area contributed by atoms with Gasteiger partial charge in [0.2, 0.25) is 11.8 Å². The smallest absolute Gasteiger partial charge is 0.264 e. The molecule has 2 amide bonds. The molecule has 0 aliphatic rings. The van der Waals surface area contributed by atoms with Crippen LogP contribution >= 0.6 is 0 Å². The lowest BCUT2D eigenvalue weighted by Crippen LogP contribution is -2.53. The molecule has 0 bridgehead atoms. The Morgan fingerprint density at radius 1 is 0.786 bits per heavy atom. The number of nitrogens with zero attached hydrogens (tertiary/aromatic N) is 2. The number of anilines is 1. The normalized spacial score (nSPS) is 11.8. The van der Waals surface area contributed by atoms with Crippen molar-refractivity contribution in [3.8, 4) is 5.75 Å². The number of carbonyl (C=O) groups excluding carboxylic acids is 2. The Balaban J connectivity index is 1.80. The molecule has 0 fully saturated rings. The third-order valence-electron chi connectivity index (χ3n) is 6.78. The molecule has 4 aromatic rings. The average Bonchev–Trinajstić information content (AvgIpc) is 3.03. The minimum absolute atomic E-state index is 0.0304. The Morgan fingerprint density at radius 3 is 1.93 bits per heavy atom.